The molecule has 1 N–H and O–H groups in total. The van der Waals surface area contributed by atoms with E-state index in [1.165, 1.54) is 26.2 Å². The van der Waals surface area contributed by atoms with Crippen LogP contribution in [-0.2, 0) is 14.8 Å². The number of hydrogen-bond acceptors (Lipinski definition) is 4. The molecule has 1 atom stereocenters. The molecular weight excluding hydrogens is 292 g/mol. The van der Waals surface area contributed by atoms with Gasteiger partial charge in [-0.25, -0.2) is 12.7 Å². The average molecular weight is 308 g/mol. The molecule has 2 aromatic rings. The molecule has 0 saturated carbocycles. The summed E-state index contributed by atoms with van der Waals surface area (Å²) in [4.78, 5) is 15.1. The lowest BCUT2D eigenvalue weighted by Crippen LogP contribution is -2.33. The summed E-state index contributed by atoms with van der Waals surface area (Å²) in [6.45, 7) is 1.37. The van der Waals surface area contributed by atoms with E-state index in [0.29, 0.717) is 5.52 Å². The van der Waals surface area contributed by atoms with E-state index in [9.17, 15) is 13.2 Å². The third-order valence-electron chi connectivity index (χ3n) is 3.24. The lowest BCUT2D eigenvalue weighted by atomic mass is 10.2. The Bertz CT molecular complexity index is 768. The maximum Gasteiger partial charge on any atom is 0.307 e. The van der Waals surface area contributed by atoms with Crippen molar-refractivity contribution in [2.24, 2.45) is 5.92 Å². The van der Waals surface area contributed by atoms with E-state index in [1.54, 1.807) is 24.3 Å². The van der Waals surface area contributed by atoms with Gasteiger partial charge in [-0.05, 0) is 12.1 Å². The van der Waals surface area contributed by atoms with Crippen molar-refractivity contribution >= 4 is 26.9 Å². The Kier molecular flexibility index (Phi) is 4.24. The quantitative estimate of drug-likeness (QED) is 0.906. The van der Waals surface area contributed by atoms with E-state index in [-0.39, 0.29) is 11.4 Å². The molecule has 0 saturated heterocycles. The summed E-state index contributed by atoms with van der Waals surface area (Å²) < 4.78 is 26.2. The highest BCUT2D eigenvalue weighted by Gasteiger charge is 2.26. The summed E-state index contributed by atoms with van der Waals surface area (Å²) in [5, 5.41) is 9.63. The average Bonchev–Trinajstić information content (AvgIpc) is 2.46. The highest BCUT2D eigenvalue weighted by molar-refractivity contribution is 7.89. The molecule has 0 fully saturated rings. The normalized spacial score (nSPS) is 13.5. The minimum Gasteiger partial charge on any atom is -0.481 e. The summed E-state index contributed by atoms with van der Waals surface area (Å²) in [7, 11) is -2.42. The second-order valence-electron chi connectivity index (χ2n) is 4.86. The zero-order valence-electron chi connectivity index (χ0n) is 11.7. The fourth-order valence-corrected chi connectivity index (χ4v) is 3.44. The van der Waals surface area contributed by atoms with Gasteiger partial charge in [0, 0.05) is 25.2 Å². The number of fused-ring (bicyclic) bond motifs is 1. The van der Waals surface area contributed by atoms with Gasteiger partial charge in [-0.1, -0.05) is 25.1 Å². The number of carboxylic acid groups (broad SMARTS) is 1. The molecule has 1 heterocycles. The van der Waals surface area contributed by atoms with Gasteiger partial charge in [0.15, 0.2) is 0 Å². The molecule has 21 heavy (non-hydrogen) atoms. The van der Waals surface area contributed by atoms with Crippen LogP contribution < -0.4 is 0 Å². The molecule has 0 aliphatic rings. The number of para-hydroxylation sites is 1. The van der Waals surface area contributed by atoms with E-state index in [4.69, 9.17) is 5.11 Å². The molecule has 0 bridgehead atoms. The number of sulfonamides is 1. The van der Waals surface area contributed by atoms with Crippen LogP contribution in [0.1, 0.15) is 6.92 Å². The van der Waals surface area contributed by atoms with E-state index >= 15 is 0 Å². The molecule has 6 nitrogen and oxygen atoms in total. The molecule has 1 unspecified atom stereocenters. The predicted octanol–water partition coefficient (Wildman–Crippen LogP) is 1.58. The van der Waals surface area contributed by atoms with E-state index < -0.39 is 21.9 Å². The summed E-state index contributed by atoms with van der Waals surface area (Å²) in [5.74, 6) is -1.82. The van der Waals surface area contributed by atoms with Crippen LogP contribution in [0.4, 0.5) is 0 Å². The van der Waals surface area contributed by atoms with Crippen LogP contribution in [0.3, 0.4) is 0 Å². The van der Waals surface area contributed by atoms with Crippen LogP contribution in [0.25, 0.3) is 10.9 Å². The van der Waals surface area contributed by atoms with Gasteiger partial charge in [0.1, 0.15) is 4.90 Å². The maximum absolute atomic E-state index is 12.6. The topological polar surface area (TPSA) is 87.6 Å². The first-order valence-electron chi connectivity index (χ1n) is 6.37. The maximum atomic E-state index is 12.6. The summed E-state index contributed by atoms with van der Waals surface area (Å²) in [6.07, 6.45) is 1.53. The highest BCUT2D eigenvalue weighted by atomic mass is 32.2. The van der Waals surface area contributed by atoms with Gasteiger partial charge < -0.3 is 5.11 Å². The Balaban J connectivity index is 2.45. The van der Waals surface area contributed by atoms with Crippen LogP contribution in [0.15, 0.2) is 41.4 Å². The number of rotatable bonds is 5. The van der Waals surface area contributed by atoms with Crippen molar-refractivity contribution in [1.82, 2.24) is 9.29 Å². The minimum absolute atomic E-state index is 0.0840. The zero-order chi connectivity index (χ0) is 15.6. The van der Waals surface area contributed by atoms with Crippen LogP contribution in [0.2, 0.25) is 0 Å². The van der Waals surface area contributed by atoms with Crippen molar-refractivity contribution in [2.75, 3.05) is 13.6 Å². The molecular formula is C14H16N2O4S. The Morgan fingerprint density at radius 1 is 1.33 bits per heavy atom. The largest absolute Gasteiger partial charge is 0.481 e. The van der Waals surface area contributed by atoms with Crippen molar-refractivity contribution < 1.29 is 18.3 Å². The van der Waals surface area contributed by atoms with Crippen LogP contribution in [-0.4, -0.2) is 42.4 Å². The zero-order valence-corrected chi connectivity index (χ0v) is 12.5. The van der Waals surface area contributed by atoms with E-state index in [2.05, 4.69) is 4.98 Å². The van der Waals surface area contributed by atoms with Crippen molar-refractivity contribution in [3.05, 3.63) is 36.5 Å². The minimum atomic E-state index is -3.79. The summed E-state index contributed by atoms with van der Waals surface area (Å²) in [5.41, 5.74) is 0.384. The number of carbonyl (C=O) groups is 1. The number of hydrogen-bond donors (Lipinski definition) is 1. The number of benzene rings is 1. The van der Waals surface area contributed by atoms with Crippen molar-refractivity contribution in [3.8, 4) is 0 Å². The van der Waals surface area contributed by atoms with Gasteiger partial charge in [-0.15, -0.1) is 0 Å². The van der Waals surface area contributed by atoms with Crippen LogP contribution in [0.5, 0.6) is 0 Å². The molecule has 2 rings (SSSR count). The summed E-state index contributed by atoms with van der Waals surface area (Å²) >= 11 is 0. The standard InChI is InChI=1S/C14H16N2O4S/c1-10(14(17)18)9-16(2)21(19,20)12-7-3-5-11-6-4-8-15-13(11)12/h3-8,10H,9H2,1-2H3,(H,17,18). The third-order valence-corrected chi connectivity index (χ3v) is 5.09. The van der Waals surface area contributed by atoms with Gasteiger partial charge in [0.2, 0.25) is 10.0 Å². The molecule has 7 heteroatoms. The fourth-order valence-electron chi connectivity index (χ4n) is 2.01. The predicted molar refractivity (Wildman–Crippen MR) is 78.4 cm³/mol. The van der Waals surface area contributed by atoms with Crippen LogP contribution >= 0.6 is 0 Å². The molecule has 0 aliphatic heterocycles. The SMILES string of the molecule is CC(CN(C)S(=O)(=O)c1cccc2cccnc12)C(=O)O. The van der Waals surface area contributed by atoms with Gasteiger partial charge in [0.05, 0.1) is 11.4 Å². The number of carboxylic acids is 1. The van der Waals surface area contributed by atoms with E-state index in [1.807, 2.05) is 0 Å². The number of nitrogens with zero attached hydrogens (tertiary/aromatic N) is 2. The lowest BCUT2D eigenvalue weighted by Gasteiger charge is -2.19. The first-order valence-corrected chi connectivity index (χ1v) is 7.81. The van der Waals surface area contributed by atoms with Gasteiger partial charge >= 0.3 is 5.97 Å². The molecule has 0 amide bonds. The number of aliphatic carboxylic acids is 1. The second-order valence-corrected chi connectivity index (χ2v) is 6.87. The monoisotopic (exact) mass is 308 g/mol. The smallest absolute Gasteiger partial charge is 0.307 e. The van der Waals surface area contributed by atoms with Crippen LogP contribution in [0, 0.1) is 5.92 Å². The Morgan fingerprint density at radius 3 is 2.67 bits per heavy atom. The number of aromatic nitrogens is 1. The Labute approximate surface area is 123 Å². The Hall–Kier alpha value is -1.99. The first kappa shape index (κ1) is 15.4. The molecule has 0 aliphatic carbocycles. The van der Waals surface area contributed by atoms with Crippen molar-refractivity contribution in [2.45, 2.75) is 11.8 Å². The molecule has 1 aromatic carbocycles. The molecule has 112 valence electrons. The Morgan fingerprint density at radius 2 is 2.00 bits per heavy atom. The fraction of sp³-hybridized carbons (Fsp3) is 0.286. The first-order chi connectivity index (χ1) is 9.84. The lowest BCUT2D eigenvalue weighted by molar-refractivity contribution is -0.141. The second kappa shape index (κ2) is 5.79. The van der Waals surface area contributed by atoms with Gasteiger partial charge in [-0.3, -0.25) is 9.78 Å². The van der Waals surface area contributed by atoms with Crippen molar-refractivity contribution in [1.29, 1.82) is 0 Å². The van der Waals surface area contributed by atoms with E-state index in [0.717, 1.165) is 9.69 Å². The summed E-state index contributed by atoms with van der Waals surface area (Å²) in [6, 6.07) is 8.41. The molecule has 1 aromatic heterocycles. The van der Waals surface area contributed by atoms with Crippen molar-refractivity contribution in [3.63, 3.8) is 0 Å². The molecule has 0 radical (unpaired) electrons. The highest BCUT2D eigenvalue weighted by Crippen LogP contribution is 2.23. The van der Waals surface area contributed by atoms with Gasteiger partial charge in [-0.2, -0.15) is 0 Å². The van der Waals surface area contributed by atoms with Gasteiger partial charge in [0.25, 0.3) is 0 Å². The number of pyridine rings is 1. The third kappa shape index (κ3) is 3.03. The molecule has 0 spiro atoms.